The molecule has 1 saturated heterocycles. The minimum atomic E-state index is -0.370. The van der Waals surface area contributed by atoms with Crippen molar-refractivity contribution in [2.45, 2.75) is 27.2 Å². The second-order valence-electron chi connectivity index (χ2n) is 4.59. The van der Waals surface area contributed by atoms with Crippen LogP contribution in [0.3, 0.4) is 0 Å². The van der Waals surface area contributed by atoms with Crippen LogP contribution < -0.4 is 0 Å². The Hall–Kier alpha value is -0.100. The molecule has 0 bridgehead atoms. The van der Waals surface area contributed by atoms with Crippen molar-refractivity contribution in [1.29, 1.82) is 0 Å². The molecule has 1 heterocycles. The van der Waals surface area contributed by atoms with Crippen molar-refractivity contribution >= 4 is 28.5 Å². The van der Waals surface area contributed by atoms with Gasteiger partial charge in [0.25, 0.3) is 5.91 Å². The number of rotatable bonds is 3. The molecule has 0 aromatic rings. The predicted octanol–water partition coefficient (Wildman–Crippen LogP) is 2.76. The predicted molar refractivity (Wildman–Crippen MR) is 68.4 cm³/mol. The van der Waals surface area contributed by atoms with Crippen molar-refractivity contribution < 1.29 is 9.63 Å². The van der Waals surface area contributed by atoms with E-state index < -0.39 is 0 Å². The number of hydroxylamine groups is 2. The summed E-state index contributed by atoms with van der Waals surface area (Å²) in [5, 5.41) is 1.45. The second-order valence-corrected chi connectivity index (χ2v) is 5.21. The molecule has 0 radical (unpaired) electrons. The van der Waals surface area contributed by atoms with E-state index in [-0.39, 0.29) is 11.3 Å². The van der Waals surface area contributed by atoms with Crippen LogP contribution in [0.25, 0.3) is 0 Å². The van der Waals surface area contributed by atoms with Gasteiger partial charge in [-0.05, 0) is 28.9 Å². The number of amides is 1. The van der Waals surface area contributed by atoms with Crippen LogP contribution >= 0.6 is 22.6 Å². The standard InChI is InChI=1S/C11H18INO2/c1-8(2)5-11(3)9(6-12)7-13(15-4)10(11)14/h6,8H,5,7H2,1-4H3/b9-6+. The lowest BCUT2D eigenvalue weighted by atomic mass is 9.78. The summed E-state index contributed by atoms with van der Waals surface area (Å²) in [6.07, 6.45) is 0.876. The van der Waals surface area contributed by atoms with Gasteiger partial charge in [-0.2, -0.15) is 0 Å². The highest BCUT2D eigenvalue weighted by atomic mass is 127. The number of carbonyl (C=O) groups is 1. The summed E-state index contributed by atoms with van der Waals surface area (Å²) in [5.74, 6) is 0.587. The first-order valence-corrected chi connectivity index (χ1v) is 6.36. The van der Waals surface area contributed by atoms with E-state index in [0.29, 0.717) is 12.5 Å². The molecular weight excluding hydrogens is 305 g/mol. The van der Waals surface area contributed by atoms with Crippen molar-refractivity contribution in [2.24, 2.45) is 11.3 Å². The van der Waals surface area contributed by atoms with Crippen molar-refractivity contribution in [1.82, 2.24) is 5.06 Å². The summed E-state index contributed by atoms with van der Waals surface area (Å²) < 4.78 is 2.01. The van der Waals surface area contributed by atoms with Gasteiger partial charge in [0.2, 0.25) is 0 Å². The third-order valence-corrected chi connectivity index (χ3v) is 3.64. The van der Waals surface area contributed by atoms with E-state index in [4.69, 9.17) is 4.84 Å². The molecule has 0 aromatic heterocycles. The van der Waals surface area contributed by atoms with Gasteiger partial charge in [-0.1, -0.05) is 36.4 Å². The van der Waals surface area contributed by atoms with E-state index in [1.807, 2.05) is 11.0 Å². The SMILES string of the molecule is CON1C/C(=C\I)C(C)(CC(C)C)C1=O. The van der Waals surface area contributed by atoms with Gasteiger partial charge in [-0.15, -0.1) is 0 Å². The Morgan fingerprint density at radius 3 is 2.67 bits per heavy atom. The second kappa shape index (κ2) is 4.82. The first-order valence-electron chi connectivity index (χ1n) is 5.11. The van der Waals surface area contributed by atoms with Gasteiger partial charge >= 0.3 is 0 Å². The van der Waals surface area contributed by atoms with Gasteiger partial charge in [0.15, 0.2) is 0 Å². The third-order valence-electron chi connectivity index (χ3n) is 2.89. The maximum absolute atomic E-state index is 12.1. The molecule has 1 unspecified atom stereocenters. The Labute approximate surface area is 105 Å². The molecule has 3 nitrogen and oxygen atoms in total. The van der Waals surface area contributed by atoms with Crippen LogP contribution in [0.5, 0.6) is 0 Å². The quantitative estimate of drug-likeness (QED) is 0.748. The van der Waals surface area contributed by atoms with E-state index in [0.717, 1.165) is 12.0 Å². The average molecular weight is 323 g/mol. The molecule has 1 rings (SSSR count). The Morgan fingerprint density at radius 2 is 2.27 bits per heavy atom. The lowest BCUT2D eigenvalue weighted by Crippen LogP contribution is -2.33. The number of hydrogen-bond donors (Lipinski definition) is 0. The smallest absolute Gasteiger partial charge is 0.256 e. The van der Waals surface area contributed by atoms with Crippen LogP contribution in [0.4, 0.5) is 0 Å². The number of halogens is 1. The maximum Gasteiger partial charge on any atom is 0.256 e. The fraction of sp³-hybridized carbons (Fsp3) is 0.727. The summed E-state index contributed by atoms with van der Waals surface area (Å²) in [6.45, 7) is 6.89. The van der Waals surface area contributed by atoms with Gasteiger partial charge in [0, 0.05) is 0 Å². The first-order chi connectivity index (χ1) is 6.95. The first kappa shape index (κ1) is 13.0. The molecular formula is C11H18INO2. The summed E-state index contributed by atoms with van der Waals surface area (Å²) in [5.41, 5.74) is 0.786. The molecule has 1 aliphatic heterocycles. The largest absolute Gasteiger partial charge is 0.274 e. The summed E-state index contributed by atoms with van der Waals surface area (Å²) in [6, 6.07) is 0. The maximum atomic E-state index is 12.1. The van der Waals surface area contributed by atoms with E-state index in [1.165, 1.54) is 5.06 Å². The van der Waals surface area contributed by atoms with Gasteiger partial charge in [-0.3, -0.25) is 9.63 Å². The Bertz CT molecular complexity index is 288. The van der Waals surface area contributed by atoms with Crippen molar-refractivity contribution in [3.63, 3.8) is 0 Å². The van der Waals surface area contributed by atoms with Gasteiger partial charge in [0.1, 0.15) is 0 Å². The monoisotopic (exact) mass is 323 g/mol. The van der Waals surface area contributed by atoms with Crippen molar-refractivity contribution in [2.75, 3.05) is 13.7 Å². The third kappa shape index (κ3) is 2.36. The zero-order valence-corrected chi connectivity index (χ0v) is 11.9. The highest BCUT2D eigenvalue weighted by Crippen LogP contribution is 2.42. The fourth-order valence-corrected chi connectivity index (χ4v) is 3.04. The minimum Gasteiger partial charge on any atom is -0.274 e. The summed E-state index contributed by atoms with van der Waals surface area (Å²) in [4.78, 5) is 17.2. The van der Waals surface area contributed by atoms with Gasteiger partial charge in [0.05, 0.1) is 19.1 Å². The molecule has 15 heavy (non-hydrogen) atoms. The topological polar surface area (TPSA) is 29.5 Å². The molecule has 1 fully saturated rings. The molecule has 1 aliphatic rings. The summed E-state index contributed by atoms with van der Waals surface area (Å²) in [7, 11) is 1.55. The molecule has 1 atom stereocenters. The number of nitrogens with zero attached hydrogens (tertiary/aromatic N) is 1. The van der Waals surface area contributed by atoms with E-state index in [2.05, 4.69) is 36.4 Å². The van der Waals surface area contributed by atoms with Crippen molar-refractivity contribution in [3.8, 4) is 0 Å². The lowest BCUT2D eigenvalue weighted by Gasteiger charge is -2.25. The van der Waals surface area contributed by atoms with Crippen LogP contribution in [0, 0.1) is 11.3 Å². The zero-order chi connectivity index (χ0) is 11.6. The zero-order valence-electron chi connectivity index (χ0n) is 9.71. The molecule has 86 valence electrons. The Morgan fingerprint density at radius 1 is 1.67 bits per heavy atom. The highest BCUT2D eigenvalue weighted by Gasteiger charge is 2.47. The van der Waals surface area contributed by atoms with Gasteiger partial charge in [-0.25, -0.2) is 5.06 Å². The van der Waals surface area contributed by atoms with Crippen molar-refractivity contribution in [3.05, 3.63) is 9.66 Å². The molecule has 0 aromatic carbocycles. The van der Waals surface area contributed by atoms with Crippen LogP contribution in [0.15, 0.2) is 9.66 Å². The Kier molecular flexibility index (Phi) is 4.17. The molecule has 0 spiro atoms. The van der Waals surface area contributed by atoms with Gasteiger partial charge < -0.3 is 0 Å². The fourth-order valence-electron chi connectivity index (χ4n) is 2.15. The number of hydrogen-bond acceptors (Lipinski definition) is 2. The minimum absolute atomic E-state index is 0.0848. The lowest BCUT2D eigenvalue weighted by molar-refractivity contribution is -0.173. The van der Waals surface area contributed by atoms with Crippen LogP contribution in [-0.4, -0.2) is 24.6 Å². The molecule has 1 amide bonds. The molecule has 0 saturated carbocycles. The number of carbonyl (C=O) groups excluding carboxylic acids is 1. The molecule has 0 aliphatic carbocycles. The van der Waals surface area contributed by atoms with E-state index >= 15 is 0 Å². The van der Waals surface area contributed by atoms with Crippen LogP contribution in [0.1, 0.15) is 27.2 Å². The summed E-state index contributed by atoms with van der Waals surface area (Å²) >= 11 is 2.20. The highest BCUT2D eigenvalue weighted by molar-refractivity contribution is 14.1. The molecule has 4 heteroatoms. The van der Waals surface area contributed by atoms with E-state index in [1.54, 1.807) is 7.11 Å². The average Bonchev–Trinajstić information content (AvgIpc) is 2.39. The normalized spacial score (nSPS) is 29.6. The van der Waals surface area contributed by atoms with Crippen LogP contribution in [0.2, 0.25) is 0 Å². The van der Waals surface area contributed by atoms with E-state index in [9.17, 15) is 4.79 Å². The molecule has 0 N–H and O–H groups in total. The Balaban J connectivity index is 2.98. The van der Waals surface area contributed by atoms with Crippen LogP contribution in [-0.2, 0) is 9.63 Å².